The SMILES string of the molecule is CC1(C(=O)O)CCCN(C(=O)C2CC(=O)Nc3ccccc32)C1. The second-order valence-electron chi connectivity index (χ2n) is 6.62. The van der Waals surface area contributed by atoms with E-state index < -0.39 is 17.3 Å². The molecule has 1 fully saturated rings. The van der Waals surface area contributed by atoms with Crippen molar-refractivity contribution in [3.8, 4) is 0 Å². The number of hydrogen-bond donors (Lipinski definition) is 2. The van der Waals surface area contributed by atoms with Gasteiger partial charge in [0.2, 0.25) is 11.8 Å². The lowest BCUT2D eigenvalue weighted by Crippen LogP contribution is -2.50. The highest BCUT2D eigenvalue weighted by molar-refractivity contribution is 6.01. The van der Waals surface area contributed by atoms with E-state index >= 15 is 0 Å². The van der Waals surface area contributed by atoms with E-state index in [1.54, 1.807) is 17.9 Å². The molecule has 1 aromatic carbocycles. The summed E-state index contributed by atoms with van der Waals surface area (Å²) in [6.45, 7) is 2.42. The highest BCUT2D eigenvalue weighted by atomic mass is 16.4. The second-order valence-corrected chi connectivity index (χ2v) is 6.62. The largest absolute Gasteiger partial charge is 0.481 e. The summed E-state index contributed by atoms with van der Waals surface area (Å²) in [4.78, 5) is 37.9. The number of carboxylic acid groups (broad SMARTS) is 1. The molecule has 1 saturated heterocycles. The Morgan fingerprint density at radius 1 is 1.35 bits per heavy atom. The van der Waals surface area contributed by atoms with Gasteiger partial charge in [0, 0.05) is 25.2 Å². The standard InChI is InChI=1S/C17H20N2O4/c1-17(16(22)23)7-4-8-19(10-17)15(21)12-9-14(20)18-13-6-3-2-5-11(12)13/h2-3,5-6,12H,4,7-10H2,1H3,(H,18,20)(H,22,23). The molecule has 0 saturated carbocycles. The van der Waals surface area contributed by atoms with Crippen LogP contribution in [0.15, 0.2) is 24.3 Å². The minimum Gasteiger partial charge on any atom is -0.481 e. The highest BCUT2D eigenvalue weighted by Crippen LogP contribution is 2.36. The Balaban J connectivity index is 1.86. The van der Waals surface area contributed by atoms with Crippen LogP contribution in [0, 0.1) is 5.41 Å². The fourth-order valence-corrected chi connectivity index (χ4v) is 3.45. The smallest absolute Gasteiger partial charge is 0.311 e. The minimum atomic E-state index is -0.912. The van der Waals surface area contributed by atoms with E-state index in [1.165, 1.54) is 0 Å². The number of piperidine rings is 1. The van der Waals surface area contributed by atoms with Crippen LogP contribution in [0.5, 0.6) is 0 Å². The summed E-state index contributed by atoms with van der Waals surface area (Å²) in [5.41, 5.74) is 0.560. The number of nitrogens with one attached hydrogen (secondary N) is 1. The first-order valence-electron chi connectivity index (χ1n) is 7.82. The van der Waals surface area contributed by atoms with E-state index in [4.69, 9.17) is 0 Å². The Morgan fingerprint density at radius 2 is 2.09 bits per heavy atom. The maximum atomic E-state index is 12.9. The molecule has 23 heavy (non-hydrogen) atoms. The zero-order valence-electron chi connectivity index (χ0n) is 13.0. The number of carbonyl (C=O) groups is 3. The van der Waals surface area contributed by atoms with Gasteiger partial charge in [-0.05, 0) is 31.4 Å². The topological polar surface area (TPSA) is 86.7 Å². The van der Waals surface area contributed by atoms with E-state index in [0.29, 0.717) is 25.1 Å². The summed E-state index contributed by atoms with van der Waals surface area (Å²) in [5, 5.41) is 12.2. The number of para-hydroxylation sites is 1. The Morgan fingerprint density at radius 3 is 2.83 bits per heavy atom. The Labute approximate surface area is 134 Å². The van der Waals surface area contributed by atoms with Crippen LogP contribution in [0.1, 0.15) is 37.7 Å². The van der Waals surface area contributed by atoms with Crippen molar-refractivity contribution in [3.05, 3.63) is 29.8 Å². The lowest BCUT2D eigenvalue weighted by Gasteiger charge is -2.39. The summed E-state index contributed by atoms with van der Waals surface area (Å²) in [7, 11) is 0. The van der Waals surface area contributed by atoms with Crippen molar-refractivity contribution in [3.63, 3.8) is 0 Å². The Bertz CT molecular complexity index is 672. The van der Waals surface area contributed by atoms with E-state index in [1.807, 2.05) is 18.2 Å². The molecule has 0 bridgehead atoms. The molecule has 2 unspecified atom stereocenters. The molecular formula is C17H20N2O4. The number of aliphatic carboxylic acids is 1. The number of anilines is 1. The predicted octanol–water partition coefficient (Wildman–Crippen LogP) is 1.83. The molecule has 0 aliphatic carbocycles. The Hall–Kier alpha value is -2.37. The van der Waals surface area contributed by atoms with Crippen molar-refractivity contribution in [1.82, 2.24) is 4.90 Å². The van der Waals surface area contributed by atoms with Gasteiger partial charge in [0.1, 0.15) is 0 Å². The zero-order valence-corrected chi connectivity index (χ0v) is 13.0. The third-order valence-electron chi connectivity index (χ3n) is 4.82. The van der Waals surface area contributed by atoms with Gasteiger partial charge < -0.3 is 15.3 Å². The van der Waals surface area contributed by atoms with Crippen molar-refractivity contribution < 1.29 is 19.5 Å². The van der Waals surface area contributed by atoms with Gasteiger partial charge in [-0.25, -0.2) is 0 Å². The summed E-state index contributed by atoms with van der Waals surface area (Å²) >= 11 is 0. The molecule has 6 heteroatoms. The molecule has 2 amide bonds. The van der Waals surface area contributed by atoms with Crippen molar-refractivity contribution in [2.45, 2.75) is 32.1 Å². The molecule has 6 nitrogen and oxygen atoms in total. The summed E-state index contributed by atoms with van der Waals surface area (Å²) < 4.78 is 0. The average Bonchev–Trinajstić information content (AvgIpc) is 2.53. The number of nitrogens with zero attached hydrogens (tertiary/aromatic N) is 1. The van der Waals surface area contributed by atoms with E-state index in [0.717, 1.165) is 5.56 Å². The van der Waals surface area contributed by atoms with Gasteiger partial charge in [-0.2, -0.15) is 0 Å². The van der Waals surface area contributed by atoms with Crippen LogP contribution in [0.3, 0.4) is 0 Å². The van der Waals surface area contributed by atoms with Crippen LogP contribution >= 0.6 is 0 Å². The maximum absolute atomic E-state index is 12.9. The average molecular weight is 316 g/mol. The van der Waals surface area contributed by atoms with Gasteiger partial charge in [0.05, 0.1) is 11.3 Å². The number of fused-ring (bicyclic) bond motifs is 1. The monoisotopic (exact) mass is 316 g/mol. The molecule has 2 N–H and O–H groups in total. The molecule has 0 aromatic heterocycles. The maximum Gasteiger partial charge on any atom is 0.311 e. The fourth-order valence-electron chi connectivity index (χ4n) is 3.45. The third-order valence-corrected chi connectivity index (χ3v) is 4.82. The van der Waals surface area contributed by atoms with Gasteiger partial charge in [0.15, 0.2) is 0 Å². The molecule has 3 rings (SSSR count). The first-order chi connectivity index (χ1) is 10.9. The van der Waals surface area contributed by atoms with Gasteiger partial charge in [-0.3, -0.25) is 14.4 Å². The van der Waals surface area contributed by atoms with Crippen LogP contribution < -0.4 is 5.32 Å². The number of benzene rings is 1. The third kappa shape index (κ3) is 2.81. The zero-order chi connectivity index (χ0) is 16.6. The fraction of sp³-hybridized carbons (Fsp3) is 0.471. The molecule has 2 aliphatic rings. The minimum absolute atomic E-state index is 0.107. The number of likely N-dealkylation sites (tertiary alicyclic amines) is 1. The van der Waals surface area contributed by atoms with Gasteiger partial charge in [-0.1, -0.05) is 18.2 Å². The van der Waals surface area contributed by atoms with Crippen LogP contribution in [0.2, 0.25) is 0 Å². The predicted molar refractivity (Wildman–Crippen MR) is 84.0 cm³/mol. The Kier molecular flexibility index (Phi) is 3.83. The van der Waals surface area contributed by atoms with Crippen molar-refractivity contribution in [2.24, 2.45) is 5.41 Å². The number of carbonyl (C=O) groups excluding carboxylic acids is 2. The van der Waals surface area contributed by atoms with Crippen LogP contribution in [0.4, 0.5) is 5.69 Å². The molecule has 0 spiro atoms. The molecular weight excluding hydrogens is 296 g/mol. The molecule has 2 atom stereocenters. The van der Waals surface area contributed by atoms with Crippen LogP contribution in [-0.2, 0) is 14.4 Å². The summed E-state index contributed by atoms with van der Waals surface area (Å²) in [5.74, 6) is -1.74. The number of carboxylic acids is 1. The normalized spacial score (nSPS) is 27.1. The molecule has 1 aromatic rings. The molecule has 0 radical (unpaired) electrons. The lowest BCUT2D eigenvalue weighted by atomic mass is 9.81. The van der Waals surface area contributed by atoms with E-state index in [9.17, 15) is 19.5 Å². The number of rotatable bonds is 2. The van der Waals surface area contributed by atoms with Gasteiger partial charge in [-0.15, -0.1) is 0 Å². The van der Waals surface area contributed by atoms with Crippen molar-refractivity contribution >= 4 is 23.5 Å². The quantitative estimate of drug-likeness (QED) is 0.871. The summed E-state index contributed by atoms with van der Waals surface area (Å²) in [6.07, 6.45) is 1.33. The molecule has 2 aliphatic heterocycles. The van der Waals surface area contributed by atoms with E-state index in [-0.39, 0.29) is 24.8 Å². The highest BCUT2D eigenvalue weighted by Gasteiger charge is 2.42. The van der Waals surface area contributed by atoms with Crippen LogP contribution in [-0.4, -0.2) is 40.9 Å². The first kappa shape index (κ1) is 15.5. The molecule has 2 heterocycles. The van der Waals surface area contributed by atoms with Crippen molar-refractivity contribution in [2.75, 3.05) is 18.4 Å². The van der Waals surface area contributed by atoms with Crippen molar-refractivity contribution in [1.29, 1.82) is 0 Å². The summed E-state index contributed by atoms with van der Waals surface area (Å²) in [6, 6.07) is 7.28. The number of hydrogen-bond acceptors (Lipinski definition) is 3. The second kappa shape index (κ2) is 5.68. The molecule has 122 valence electrons. The van der Waals surface area contributed by atoms with E-state index in [2.05, 4.69) is 5.32 Å². The van der Waals surface area contributed by atoms with Gasteiger partial charge >= 0.3 is 5.97 Å². The van der Waals surface area contributed by atoms with Gasteiger partial charge in [0.25, 0.3) is 0 Å². The first-order valence-corrected chi connectivity index (χ1v) is 7.82. The van der Waals surface area contributed by atoms with Crippen LogP contribution in [0.25, 0.3) is 0 Å². The lowest BCUT2D eigenvalue weighted by molar-refractivity contribution is -0.154. The number of amides is 2.